The number of nitrogens with zero attached hydrogens (tertiary/aromatic N) is 2. The molecule has 1 aromatic heterocycles. The van der Waals surface area contributed by atoms with Gasteiger partial charge >= 0.3 is 0 Å². The Hall–Kier alpha value is -1.41. The Bertz CT molecular complexity index is 362. The zero-order chi connectivity index (χ0) is 11.3. The molecule has 0 aliphatic heterocycles. The summed E-state index contributed by atoms with van der Waals surface area (Å²) in [6.07, 6.45) is 4.76. The van der Waals surface area contributed by atoms with E-state index in [1.807, 2.05) is 0 Å². The number of aromatic nitrogens is 1. The van der Waals surface area contributed by atoms with Crippen LogP contribution in [0.3, 0.4) is 0 Å². The van der Waals surface area contributed by atoms with Gasteiger partial charge in [-0.1, -0.05) is 38.8 Å². The number of isocyanates is 1. The van der Waals surface area contributed by atoms with Crippen LogP contribution in [0.25, 0.3) is 0 Å². The Labute approximate surface area is 89.4 Å². The summed E-state index contributed by atoms with van der Waals surface area (Å²) < 4.78 is 5.16. The van der Waals surface area contributed by atoms with Gasteiger partial charge in [-0.2, -0.15) is 0 Å². The summed E-state index contributed by atoms with van der Waals surface area (Å²) in [6.45, 7) is 6.34. The maximum Gasteiger partial charge on any atom is 0.242 e. The van der Waals surface area contributed by atoms with Crippen molar-refractivity contribution in [2.45, 2.75) is 45.4 Å². The SMILES string of the molecule is CCCCC(C)(C)c1cc(N=C=O)no1. The van der Waals surface area contributed by atoms with Crippen LogP contribution in [-0.2, 0) is 10.2 Å². The normalized spacial score (nSPS) is 11.1. The van der Waals surface area contributed by atoms with Crippen molar-refractivity contribution in [1.29, 1.82) is 0 Å². The van der Waals surface area contributed by atoms with Crippen molar-refractivity contribution in [3.05, 3.63) is 11.8 Å². The van der Waals surface area contributed by atoms with Gasteiger partial charge in [-0.15, -0.1) is 4.99 Å². The first-order valence-corrected chi connectivity index (χ1v) is 5.15. The average Bonchev–Trinajstić information content (AvgIpc) is 2.65. The summed E-state index contributed by atoms with van der Waals surface area (Å²) in [5.74, 6) is 1.06. The summed E-state index contributed by atoms with van der Waals surface area (Å²) in [4.78, 5) is 13.4. The highest BCUT2D eigenvalue weighted by Gasteiger charge is 2.24. The van der Waals surface area contributed by atoms with E-state index in [2.05, 4.69) is 30.9 Å². The monoisotopic (exact) mass is 208 g/mol. The summed E-state index contributed by atoms with van der Waals surface area (Å²) in [5, 5.41) is 3.68. The topological polar surface area (TPSA) is 55.5 Å². The van der Waals surface area contributed by atoms with Crippen molar-refractivity contribution < 1.29 is 9.32 Å². The Morgan fingerprint density at radius 2 is 2.33 bits per heavy atom. The van der Waals surface area contributed by atoms with E-state index < -0.39 is 0 Å². The molecule has 82 valence electrons. The highest BCUT2D eigenvalue weighted by Crippen LogP contribution is 2.30. The molecule has 0 saturated heterocycles. The Morgan fingerprint density at radius 1 is 1.60 bits per heavy atom. The summed E-state index contributed by atoms with van der Waals surface area (Å²) >= 11 is 0. The third kappa shape index (κ3) is 3.03. The molecule has 0 aliphatic carbocycles. The van der Waals surface area contributed by atoms with E-state index in [0.717, 1.165) is 25.0 Å². The molecule has 4 heteroatoms. The highest BCUT2D eigenvalue weighted by molar-refractivity contribution is 5.44. The van der Waals surface area contributed by atoms with Gasteiger partial charge in [0, 0.05) is 11.5 Å². The lowest BCUT2D eigenvalue weighted by molar-refractivity contribution is 0.301. The zero-order valence-electron chi connectivity index (χ0n) is 9.41. The minimum absolute atomic E-state index is 0.0559. The molecule has 0 N–H and O–H groups in total. The molecule has 0 aromatic carbocycles. The van der Waals surface area contributed by atoms with Gasteiger partial charge in [-0.25, -0.2) is 4.79 Å². The number of aliphatic imine (C=N–C) groups is 1. The summed E-state index contributed by atoms with van der Waals surface area (Å²) in [5.41, 5.74) is -0.0559. The van der Waals surface area contributed by atoms with E-state index in [-0.39, 0.29) is 5.41 Å². The first kappa shape index (κ1) is 11.7. The molecule has 1 aromatic rings. The van der Waals surface area contributed by atoms with Crippen molar-refractivity contribution in [1.82, 2.24) is 5.16 Å². The number of carbonyl (C=O) groups excluding carboxylic acids is 1. The molecule has 0 unspecified atom stereocenters. The minimum atomic E-state index is -0.0559. The van der Waals surface area contributed by atoms with Crippen LogP contribution in [0.1, 0.15) is 45.8 Å². The van der Waals surface area contributed by atoms with Gasteiger partial charge < -0.3 is 4.52 Å². The summed E-state index contributed by atoms with van der Waals surface area (Å²) in [7, 11) is 0. The molecular formula is C11H16N2O2. The van der Waals surface area contributed by atoms with Crippen LogP contribution < -0.4 is 0 Å². The molecule has 4 nitrogen and oxygen atoms in total. The number of unbranched alkanes of at least 4 members (excludes halogenated alkanes) is 1. The molecule has 1 rings (SSSR count). The van der Waals surface area contributed by atoms with Crippen molar-refractivity contribution in [3.8, 4) is 0 Å². The molecule has 0 fully saturated rings. The largest absolute Gasteiger partial charge is 0.359 e. The van der Waals surface area contributed by atoms with E-state index >= 15 is 0 Å². The lowest BCUT2D eigenvalue weighted by atomic mass is 9.85. The van der Waals surface area contributed by atoms with Gasteiger partial charge in [0.25, 0.3) is 0 Å². The maximum absolute atomic E-state index is 10.0. The van der Waals surface area contributed by atoms with E-state index in [9.17, 15) is 4.79 Å². The Morgan fingerprint density at radius 3 is 2.93 bits per heavy atom. The van der Waals surface area contributed by atoms with Crippen LogP contribution in [0.2, 0.25) is 0 Å². The molecule has 0 bridgehead atoms. The number of hydrogen-bond donors (Lipinski definition) is 0. The van der Waals surface area contributed by atoms with Gasteiger partial charge in [0.2, 0.25) is 11.9 Å². The molecule has 0 amide bonds. The van der Waals surface area contributed by atoms with Crippen LogP contribution in [-0.4, -0.2) is 11.2 Å². The van der Waals surface area contributed by atoms with Gasteiger partial charge in [0.1, 0.15) is 5.76 Å². The Balaban J connectivity index is 2.79. The molecule has 0 radical (unpaired) electrons. The standard InChI is InChI=1S/C11H16N2O2/c1-4-5-6-11(2,3)9-7-10(12-8-14)13-15-9/h7H,4-6H2,1-3H3. The first-order chi connectivity index (χ1) is 7.10. The number of hydrogen-bond acceptors (Lipinski definition) is 4. The van der Waals surface area contributed by atoms with E-state index in [1.165, 1.54) is 6.08 Å². The highest BCUT2D eigenvalue weighted by atomic mass is 16.5. The fourth-order valence-electron chi connectivity index (χ4n) is 1.43. The third-order valence-corrected chi connectivity index (χ3v) is 2.48. The van der Waals surface area contributed by atoms with Crippen molar-refractivity contribution >= 4 is 11.9 Å². The van der Waals surface area contributed by atoms with Crippen LogP contribution in [0.5, 0.6) is 0 Å². The van der Waals surface area contributed by atoms with Crippen LogP contribution in [0, 0.1) is 0 Å². The average molecular weight is 208 g/mol. The minimum Gasteiger partial charge on any atom is -0.359 e. The molecule has 1 heterocycles. The van der Waals surface area contributed by atoms with E-state index in [0.29, 0.717) is 5.82 Å². The van der Waals surface area contributed by atoms with E-state index in [4.69, 9.17) is 4.52 Å². The fraction of sp³-hybridized carbons (Fsp3) is 0.636. The maximum atomic E-state index is 10.0. The second kappa shape index (κ2) is 4.89. The first-order valence-electron chi connectivity index (χ1n) is 5.15. The van der Waals surface area contributed by atoms with Crippen LogP contribution in [0.4, 0.5) is 5.82 Å². The summed E-state index contributed by atoms with van der Waals surface area (Å²) in [6, 6.07) is 1.69. The quantitative estimate of drug-likeness (QED) is 0.551. The third-order valence-electron chi connectivity index (χ3n) is 2.48. The number of rotatable bonds is 5. The Kier molecular flexibility index (Phi) is 3.81. The predicted molar refractivity (Wildman–Crippen MR) is 56.8 cm³/mol. The molecular weight excluding hydrogens is 192 g/mol. The van der Waals surface area contributed by atoms with Gasteiger partial charge in [0.05, 0.1) is 0 Å². The van der Waals surface area contributed by atoms with Crippen LogP contribution >= 0.6 is 0 Å². The fourth-order valence-corrected chi connectivity index (χ4v) is 1.43. The smallest absolute Gasteiger partial charge is 0.242 e. The second-order valence-corrected chi connectivity index (χ2v) is 4.24. The van der Waals surface area contributed by atoms with Crippen LogP contribution in [0.15, 0.2) is 15.6 Å². The second-order valence-electron chi connectivity index (χ2n) is 4.24. The molecule has 0 aliphatic rings. The van der Waals surface area contributed by atoms with Gasteiger partial charge in [-0.05, 0) is 6.42 Å². The zero-order valence-corrected chi connectivity index (χ0v) is 9.41. The van der Waals surface area contributed by atoms with Gasteiger partial charge in [0.15, 0.2) is 0 Å². The lowest BCUT2D eigenvalue weighted by Gasteiger charge is -2.20. The van der Waals surface area contributed by atoms with E-state index in [1.54, 1.807) is 6.07 Å². The predicted octanol–water partition coefficient (Wildman–Crippen LogP) is 3.11. The van der Waals surface area contributed by atoms with Crippen molar-refractivity contribution in [3.63, 3.8) is 0 Å². The molecule has 0 atom stereocenters. The molecule has 0 spiro atoms. The molecule has 0 saturated carbocycles. The van der Waals surface area contributed by atoms with Gasteiger partial charge in [-0.3, -0.25) is 0 Å². The van der Waals surface area contributed by atoms with Crippen molar-refractivity contribution in [2.24, 2.45) is 4.99 Å². The van der Waals surface area contributed by atoms with Crippen molar-refractivity contribution in [2.75, 3.05) is 0 Å². The molecule has 15 heavy (non-hydrogen) atoms. The lowest BCUT2D eigenvalue weighted by Crippen LogP contribution is -2.15.